The molecule has 0 aliphatic heterocycles. The molecule has 1 aliphatic carbocycles. The molecule has 2 nitrogen and oxygen atoms in total. The monoisotopic (exact) mass is 366 g/mol. The van der Waals surface area contributed by atoms with Gasteiger partial charge in [0.25, 0.3) is 0 Å². The van der Waals surface area contributed by atoms with Gasteiger partial charge in [-0.3, -0.25) is 0 Å². The van der Waals surface area contributed by atoms with Crippen LogP contribution in [0.2, 0.25) is 0 Å². The van der Waals surface area contributed by atoms with Gasteiger partial charge in [-0.2, -0.15) is 0 Å². The molecule has 0 amide bonds. The number of benzene rings is 1. The Bertz CT molecular complexity index is 787. The fourth-order valence-electron chi connectivity index (χ4n) is 4.30. The molecule has 2 heteroatoms. The highest BCUT2D eigenvalue weighted by atomic mass is 16.4. The number of carboxylic acid groups (broad SMARTS) is 1. The Morgan fingerprint density at radius 3 is 2.37 bits per heavy atom. The van der Waals surface area contributed by atoms with Crippen LogP contribution in [-0.2, 0) is 15.6 Å². The highest BCUT2D eigenvalue weighted by Crippen LogP contribution is 2.49. The van der Waals surface area contributed by atoms with Crippen molar-refractivity contribution in [3.05, 3.63) is 64.8 Å². The quantitative estimate of drug-likeness (QED) is 0.444. The zero-order chi connectivity index (χ0) is 20.2. The van der Waals surface area contributed by atoms with Gasteiger partial charge in [0.1, 0.15) is 0 Å². The van der Waals surface area contributed by atoms with Gasteiger partial charge in [-0.25, -0.2) is 4.79 Å². The van der Waals surface area contributed by atoms with Crippen molar-refractivity contribution >= 4 is 11.5 Å². The van der Waals surface area contributed by atoms with Crippen molar-refractivity contribution in [2.24, 2.45) is 0 Å². The predicted molar refractivity (Wildman–Crippen MR) is 115 cm³/mol. The molecule has 1 aromatic carbocycles. The molecule has 0 saturated carbocycles. The Morgan fingerprint density at radius 1 is 1.11 bits per heavy atom. The molecule has 0 heterocycles. The van der Waals surface area contributed by atoms with Gasteiger partial charge in [-0.05, 0) is 78.2 Å². The normalized spacial score (nSPS) is 19.2. The van der Waals surface area contributed by atoms with E-state index >= 15 is 0 Å². The molecule has 0 unspecified atom stereocenters. The van der Waals surface area contributed by atoms with E-state index in [1.165, 1.54) is 54.0 Å². The van der Waals surface area contributed by atoms with Crippen molar-refractivity contribution in [3.8, 4) is 0 Å². The first-order chi connectivity index (χ1) is 12.6. The molecule has 0 fully saturated rings. The third kappa shape index (κ3) is 4.61. The fourth-order valence-corrected chi connectivity index (χ4v) is 4.30. The van der Waals surface area contributed by atoms with Crippen molar-refractivity contribution in [2.45, 2.75) is 78.1 Å². The summed E-state index contributed by atoms with van der Waals surface area (Å²) in [7, 11) is 0. The third-order valence-electron chi connectivity index (χ3n) is 6.41. The first-order valence-electron chi connectivity index (χ1n) is 10.1. The molecular weight excluding hydrogens is 332 g/mol. The number of allylic oxidation sites excluding steroid dienone is 5. The summed E-state index contributed by atoms with van der Waals surface area (Å²) >= 11 is 0. The lowest BCUT2D eigenvalue weighted by molar-refractivity contribution is -0.131. The van der Waals surface area contributed by atoms with Crippen LogP contribution in [0.4, 0.5) is 0 Å². The van der Waals surface area contributed by atoms with E-state index in [2.05, 4.69) is 58.9 Å². The van der Waals surface area contributed by atoms with Crippen LogP contribution >= 0.6 is 0 Å². The van der Waals surface area contributed by atoms with Gasteiger partial charge >= 0.3 is 5.97 Å². The van der Waals surface area contributed by atoms with E-state index in [-0.39, 0.29) is 5.41 Å². The lowest BCUT2D eigenvalue weighted by atomic mass is 9.59. The Hall–Kier alpha value is -2.09. The van der Waals surface area contributed by atoms with E-state index in [1.54, 1.807) is 6.92 Å². The highest BCUT2D eigenvalue weighted by Gasteiger charge is 2.40. The third-order valence-corrected chi connectivity index (χ3v) is 6.41. The van der Waals surface area contributed by atoms with E-state index in [4.69, 9.17) is 5.11 Å². The molecular formula is C25H34O2. The van der Waals surface area contributed by atoms with Crippen LogP contribution in [0, 0.1) is 0 Å². The minimum absolute atomic E-state index is 0.204. The molecule has 1 aromatic rings. The van der Waals surface area contributed by atoms with Crippen molar-refractivity contribution in [3.63, 3.8) is 0 Å². The van der Waals surface area contributed by atoms with Crippen LogP contribution in [0.15, 0.2) is 48.1 Å². The maximum Gasteiger partial charge on any atom is 0.328 e. The number of hydrogen-bond acceptors (Lipinski definition) is 1. The molecule has 27 heavy (non-hydrogen) atoms. The predicted octanol–water partition coefficient (Wildman–Crippen LogP) is 6.81. The van der Waals surface area contributed by atoms with Gasteiger partial charge < -0.3 is 5.11 Å². The molecule has 0 saturated heterocycles. The zero-order valence-corrected chi connectivity index (χ0v) is 17.7. The highest BCUT2D eigenvalue weighted by molar-refractivity contribution is 5.81. The Kier molecular flexibility index (Phi) is 6.51. The van der Waals surface area contributed by atoms with E-state index in [1.807, 2.05) is 12.2 Å². The zero-order valence-electron chi connectivity index (χ0n) is 17.7. The minimum Gasteiger partial charge on any atom is -0.478 e. The standard InChI is InChI=1S/C25H34O2/c1-7-25(8-2)15-14-24(5,6)22-17-20(12-13-21(22)25)19(4)11-9-10-18(3)16-23(26)27/h9-13,16-17H,7-8,14-15H2,1-6H3,(H,26,27)/b10-9+,18-16+,19-11-. The molecule has 0 aromatic heterocycles. The summed E-state index contributed by atoms with van der Waals surface area (Å²) in [6.45, 7) is 13.3. The Labute approximate surface area is 164 Å². The van der Waals surface area contributed by atoms with E-state index in [0.717, 1.165) is 5.57 Å². The number of carboxylic acids is 1. The van der Waals surface area contributed by atoms with Crippen LogP contribution < -0.4 is 0 Å². The summed E-state index contributed by atoms with van der Waals surface area (Å²) in [6, 6.07) is 6.99. The topological polar surface area (TPSA) is 37.3 Å². The number of hydrogen-bond donors (Lipinski definition) is 1. The minimum atomic E-state index is -0.912. The van der Waals surface area contributed by atoms with Crippen molar-refractivity contribution in [1.82, 2.24) is 0 Å². The van der Waals surface area contributed by atoms with Crippen LogP contribution in [0.5, 0.6) is 0 Å². The van der Waals surface area contributed by atoms with Crippen LogP contribution in [0.1, 0.15) is 83.9 Å². The van der Waals surface area contributed by atoms with E-state index in [0.29, 0.717) is 5.41 Å². The fraction of sp³-hybridized carbons (Fsp3) is 0.480. The molecule has 0 bridgehead atoms. The van der Waals surface area contributed by atoms with Gasteiger partial charge in [0.15, 0.2) is 0 Å². The van der Waals surface area contributed by atoms with Gasteiger partial charge in [0.2, 0.25) is 0 Å². The molecule has 1 aliphatic rings. The average molecular weight is 367 g/mol. The molecule has 1 N–H and O–H groups in total. The first kappa shape index (κ1) is 21.2. The van der Waals surface area contributed by atoms with Gasteiger partial charge in [0, 0.05) is 6.08 Å². The number of fused-ring (bicyclic) bond motifs is 1. The maximum atomic E-state index is 10.7. The first-order valence-corrected chi connectivity index (χ1v) is 10.1. The summed E-state index contributed by atoms with van der Waals surface area (Å²) in [5.74, 6) is -0.912. The number of aliphatic carboxylic acids is 1. The number of rotatable bonds is 6. The van der Waals surface area contributed by atoms with Crippen molar-refractivity contribution in [1.29, 1.82) is 0 Å². The molecule has 2 rings (SSSR count). The molecule has 0 radical (unpaired) electrons. The van der Waals surface area contributed by atoms with Crippen LogP contribution in [-0.4, -0.2) is 11.1 Å². The second kappa shape index (κ2) is 8.29. The van der Waals surface area contributed by atoms with E-state index in [9.17, 15) is 4.79 Å². The second-order valence-electron chi connectivity index (χ2n) is 8.57. The SMILES string of the molecule is CCC1(CC)CCC(C)(C)c2cc(\C(C)=C/C=C/C(C)=C/C(=O)O)ccc21. The Balaban J connectivity index is 2.40. The summed E-state index contributed by atoms with van der Waals surface area (Å²) in [5.41, 5.74) is 6.72. The summed E-state index contributed by atoms with van der Waals surface area (Å²) in [4.78, 5) is 10.7. The van der Waals surface area contributed by atoms with Gasteiger partial charge in [0.05, 0.1) is 0 Å². The van der Waals surface area contributed by atoms with Crippen LogP contribution in [0.25, 0.3) is 5.57 Å². The smallest absolute Gasteiger partial charge is 0.328 e. The van der Waals surface area contributed by atoms with Gasteiger partial charge in [-0.15, -0.1) is 0 Å². The Morgan fingerprint density at radius 2 is 1.78 bits per heavy atom. The largest absolute Gasteiger partial charge is 0.478 e. The summed E-state index contributed by atoms with van der Waals surface area (Å²) in [5, 5.41) is 8.79. The maximum absolute atomic E-state index is 10.7. The van der Waals surface area contributed by atoms with Gasteiger partial charge in [-0.1, -0.05) is 64.1 Å². The van der Waals surface area contributed by atoms with Crippen molar-refractivity contribution < 1.29 is 9.90 Å². The summed E-state index contributed by atoms with van der Waals surface area (Å²) in [6.07, 6.45) is 11.9. The molecule has 0 atom stereocenters. The second-order valence-corrected chi connectivity index (χ2v) is 8.57. The molecule has 0 spiro atoms. The van der Waals surface area contributed by atoms with Crippen LogP contribution in [0.3, 0.4) is 0 Å². The van der Waals surface area contributed by atoms with Crippen molar-refractivity contribution in [2.75, 3.05) is 0 Å². The molecule has 146 valence electrons. The lowest BCUT2D eigenvalue weighted by Gasteiger charge is -2.45. The summed E-state index contributed by atoms with van der Waals surface area (Å²) < 4.78 is 0. The average Bonchev–Trinajstić information content (AvgIpc) is 2.61. The lowest BCUT2D eigenvalue weighted by Crippen LogP contribution is -2.37. The van der Waals surface area contributed by atoms with E-state index < -0.39 is 5.97 Å². The number of carbonyl (C=O) groups is 1.